The number of ether oxygens (including phenoxy) is 2. The number of aliphatic hydroxyl groups excluding tert-OH is 1. The average Bonchev–Trinajstić information content (AvgIpc) is 3.16. The van der Waals surface area contributed by atoms with Gasteiger partial charge in [-0.2, -0.15) is 0 Å². The van der Waals surface area contributed by atoms with Crippen molar-refractivity contribution in [1.29, 1.82) is 0 Å². The van der Waals surface area contributed by atoms with Gasteiger partial charge < -0.3 is 19.7 Å². The molecule has 1 unspecified atom stereocenters. The first kappa shape index (κ1) is 28.0. The van der Waals surface area contributed by atoms with Gasteiger partial charge in [0.1, 0.15) is 11.5 Å². The van der Waals surface area contributed by atoms with E-state index in [9.17, 15) is 19.8 Å². The molecule has 1 aliphatic rings. The minimum atomic E-state index is -1.01. The molecule has 0 bridgehead atoms. The zero-order valence-corrected chi connectivity index (χ0v) is 23.6. The average molecular weight is 550 g/mol. The summed E-state index contributed by atoms with van der Waals surface area (Å²) >= 11 is 6.40. The third kappa shape index (κ3) is 5.06. The number of hydrogen-bond acceptors (Lipinski definition) is 6. The molecule has 0 radical (unpaired) electrons. The van der Waals surface area contributed by atoms with Crippen LogP contribution in [0.5, 0.6) is 17.2 Å². The minimum Gasteiger partial charge on any atom is -0.507 e. The van der Waals surface area contributed by atoms with Crippen LogP contribution >= 0.6 is 11.6 Å². The van der Waals surface area contributed by atoms with Gasteiger partial charge in [-0.15, -0.1) is 0 Å². The number of Topliss-reactive ketones (excluding diaryl/α,β-unsaturated/α-hetero) is 1. The van der Waals surface area contributed by atoms with Gasteiger partial charge in [0, 0.05) is 16.3 Å². The van der Waals surface area contributed by atoms with Gasteiger partial charge in [-0.05, 0) is 85.3 Å². The Kier molecular flexibility index (Phi) is 7.93. The number of aryl methyl sites for hydroxylation is 2. The van der Waals surface area contributed by atoms with Crippen LogP contribution in [0.2, 0.25) is 5.02 Å². The zero-order valence-electron chi connectivity index (χ0n) is 22.8. The molecule has 3 aromatic carbocycles. The van der Waals surface area contributed by atoms with E-state index in [0.717, 1.165) is 11.1 Å². The normalized spacial score (nSPS) is 16.7. The molecule has 1 heterocycles. The molecule has 0 aromatic heterocycles. The predicted octanol–water partition coefficient (Wildman–Crippen LogP) is 6.82. The van der Waals surface area contributed by atoms with Gasteiger partial charge in [-0.1, -0.05) is 37.6 Å². The highest BCUT2D eigenvalue weighted by Gasteiger charge is 2.47. The molecule has 2 N–H and O–H groups in total. The zero-order chi connectivity index (χ0) is 28.6. The van der Waals surface area contributed by atoms with Crippen LogP contribution in [0.3, 0.4) is 0 Å². The van der Waals surface area contributed by atoms with E-state index in [1.165, 1.54) is 11.0 Å². The third-order valence-corrected chi connectivity index (χ3v) is 7.34. The van der Waals surface area contributed by atoms with Gasteiger partial charge in [-0.25, -0.2) is 0 Å². The minimum absolute atomic E-state index is 0.0749. The molecule has 8 heteroatoms. The Hall–Kier alpha value is -3.97. The first-order valence-corrected chi connectivity index (χ1v) is 13.1. The molecular formula is C31H32ClNO6. The lowest BCUT2D eigenvalue weighted by Gasteiger charge is -2.26. The van der Waals surface area contributed by atoms with Crippen molar-refractivity contribution in [1.82, 2.24) is 0 Å². The van der Waals surface area contributed by atoms with E-state index < -0.39 is 17.7 Å². The van der Waals surface area contributed by atoms with Crippen molar-refractivity contribution < 1.29 is 29.3 Å². The highest BCUT2D eigenvalue weighted by Crippen LogP contribution is 2.45. The Morgan fingerprint density at radius 2 is 1.74 bits per heavy atom. The van der Waals surface area contributed by atoms with Gasteiger partial charge in [-0.3, -0.25) is 14.5 Å². The van der Waals surface area contributed by atoms with Crippen LogP contribution in [0.25, 0.3) is 5.76 Å². The number of carbonyl (C=O) groups is 2. The van der Waals surface area contributed by atoms with Crippen LogP contribution in [0.15, 0.2) is 54.1 Å². The monoisotopic (exact) mass is 549 g/mol. The number of amides is 1. The van der Waals surface area contributed by atoms with Crippen LogP contribution in [-0.4, -0.2) is 35.6 Å². The Morgan fingerprint density at radius 1 is 1.03 bits per heavy atom. The number of hydrogen-bond donors (Lipinski definition) is 2. The molecule has 1 saturated heterocycles. The number of aliphatic hydroxyl groups is 1. The smallest absolute Gasteiger partial charge is 0.300 e. The highest BCUT2D eigenvalue weighted by molar-refractivity contribution is 6.52. The largest absolute Gasteiger partial charge is 0.507 e. The number of benzene rings is 3. The van der Waals surface area contributed by atoms with Crippen molar-refractivity contribution >= 4 is 34.7 Å². The summed E-state index contributed by atoms with van der Waals surface area (Å²) < 4.78 is 11.1. The van der Waals surface area contributed by atoms with Crippen molar-refractivity contribution in [3.63, 3.8) is 0 Å². The quantitative estimate of drug-likeness (QED) is 0.191. The number of anilines is 1. The number of nitrogens with zero attached hydrogens (tertiary/aromatic N) is 1. The van der Waals surface area contributed by atoms with Crippen LogP contribution < -0.4 is 14.4 Å². The Bertz CT molecular complexity index is 1490. The summed E-state index contributed by atoms with van der Waals surface area (Å²) in [5.74, 6) is -1.07. The Labute approximate surface area is 233 Å². The molecule has 0 aliphatic carbocycles. The molecule has 7 nitrogen and oxygen atoms in total. The number of aromatic hydroxyl groups is 1. The van der Waals surface area contributed by atoms with E-state index in [-0.39, 0.29) is 28.7 Å². The Balaban J connectivity index is 2.02. The van der Waals surface area contributed by atoms with Gasteiger partial charge in [0.15, 0.2) is 11.5 Å². The van der Waals surface area contributed by atoms with Crippen molar-refractivity contribution in [2.24, 2.45) is 0 Å². The van der Waals surface area contributed by atoms with E-state index in [2.05, 4.69) is 0 Å². The lowest BCUT2D eigenvalue weighted by Crippen LogP contribution is -2.29. The molecule has 1 fully saturated rings. The maximum atomic E-state index is 13.6. The van der Waals surface area contributed by atoms with Gasteiger partial charge >= 0.3 is 0 Å². The van der Waals surface area contributed by atoms with E-state index in [4.69, 9.17) is 21.1 Å². The first-order chi connectivity index (χ1) is 18.5. The molecule has 4 rings (SSSR count). The summed E-state index contributed by atoms with van der Waals surface area (Å²) in [6, 6.07) is 12.3. The molecule has 1 amide bonds. The van der Waals surface area contributed by atoms with Gasteiger partial charge in [0.2, 0.25) is 0 Å². The maximum absolute atomic E-state index is 13.6. The van der Waals surface area contributed by atoms with Gasteiger partial charge in [0.05, 0.1) is 25.3 Å². The number of rotatable bonds is 7. The number of methoxy groups -OCH3 is 1. The maximum Gasteiger partial charge on any atom is 0.300 e. The first-order valence-electron chi connectivity index (χ1n) is 12.7. The number of carbonyl (C=O) groups excluding carboxylic acids is 2. The number of halogens is 1. The molecule has 3 aromatic rings. The molecule has 39 heavy (non-hydrogen) atoms. The van der Waals surface area contributed by atoms with Crippen molar-refractivity contribution in [2.75, 3.05) is 18.6 Å². The third-order valence-electron chi connectivity index (χ3n) is 6.93. The topological polar surface area (TPSA) is 96.3 Å². The predicted molar refractivity (Wildman–Crippen MR) is 152 cm³/mol. The summed E-state index contributed by atoms with van der Waals surface area (Å²) in [5.41, 5.74) is 3.57. The fraction of sp³-hybridized carbons (Fsp3) is 0.290. The highest BCUT2D eigenvalue weighted by atomic mass is 35.5. The van der Waals surface area contributed by atoms with Crippen molar-refractivity contribution in [3.05, 3.63) is 86.9 Å². The van der Waals surface area contributed by atoms with Crippen LogP contribution in [0, 0.1) is 13.8 Å². The SMILES string of the molecule is CCOc1cc(C2/C(=C(\O)c3cc(C(C)C)c(OC)cc3C)C(=O)C(=O)N2c2ccc(C)c(Cl)c2)ccc1O. The molecular weight excluding hydrogens is 518 g/mol. The molecule has 0 spiro atoms. The number of ketones is 1. The second kappa shape index (κ2) is 11.0. The Morgan fingerprint density at radius 3 is 2.36 bits per heavy atom. The van der Waals surface area contributed by atoms with E-state index >= 15 is 0 Å². The van der Waals surface area contributed by atoms with Crippen LogP contribution in [-0.2, 0) is 9.59 Å². The van der Waals surface area contributed by atoms with Crippen LogP contribution in [0.1, 0.15) is 60.5 Å². The lowest BCUT2D eigenvalue weighted by atomic mass is 9.91. The van der Waals surface area contributed by atoms with Crippen LogP contribution in [0.4, 0.5) is 5.69 Å². The van der Waals surface area contributed by atoms with E-state index in [1.54, 1.807) is 57.4 Å². The molecule has 204 valence electrons. The molecule has 1 atom stereocenters. The number of phenols is 1. The van der Waals surface area contributed by atoms with Gasteiger partial charge in [0.25, 0.3) is 11.7 Å². The van der Waals surface area contributed by atoms with E-state index in [1.807, 2.05) is 26.8 Å². The summed E-state index contributed by atoms with van der Waals surface area (Å²) in [7, 11) is 1.58. The summed E-state index contributed by atoms with van der Waals surface area (Å²) in [6.07, 6.45) is 0. The summed E-state index contributed by atoms with van der Waals surface area (Å²) in [4.78, 5) is 28.5. The number of phenolic OH excluding ortho intramolecular Hbond substituents is 1. The second-order valence-corrected chi connectivity index (χ2v) is 10.2. The molecule has 1 aliphatic heterocycles. The van der Waals surface area contributed by atoms with Crippen molar-refractivity contribution in [2.45, 2.75) is 46.6 Å². The lowest BCUT2D eigenvalue weighted by molar-refractivity contribution is -0.132. The molecule has 0 saturated carbocycles. The standard InChI is InChI=1S/C31H32ClNO6/c1-7-39-26-13-19(9-11-24(26)34)28-27(29(35)22-15-21(16(2)3)25(38-6)12-18(22)5)30(36)31(37)33(28)20-10-8-17(4)23(32)14-20/h8-16,28,34-35H,7H2,1-6H3/b29-27+. The summed E-state index contributed by atoms with van der Waals surface area (Å²) in [6.45, 7) is 9.73. The van der Waals surface area contributed by atoms with Crippen molar-refractivity contribution in [3.8, 4) is 17.2 Å². The fourth-order valence-corrected chi connectivity index (χ4v) is 5.02. The summed E-state index contributed by atoms with van der Waals surface area (Å²) in [5, 5.41) is 22.5. The fourth-order valence-electron chi connectivity index (χ4n) is 4.84. The second-order valence-electron chi connectivity index (χ2n) is 9.83. The van der Waals surface area contributed by atoms with E-state index in [0.29, 0.717) is 39.8 Å².